The van der Waals surface area contributed by atoms with E-state index in [0.29, 0.717) is 16.8 Å². The summed E-state index contributed by atoms with van der Waals surface area (Å²) >= 11 is 8.52. The minimum atomic E-state index is -0.301. The largest absolute Gasteiger partial charge is 0.459 e. The first-order chi connectivity index (χ1) is 13.5. The summed E-state index contributed by atoms with van der Waals surface area (Å²) in [6.45, 7) is 0. The topological polar surface area (TPSA) is 67.4 Å². The van der Waals surface area contributed by atoms with Crippen LogP contribution >= 0.6 is 28.1 Å². The molecule has 0 atom stereocenters. The molecule has 146 valence electrons. The van der Waals surface area contributed by atoms with Gasteiger partial charge in [0.25, 0.3) is 5.91 Å². The summed E-state index contributed by atoms with van der Waals surface area (Å²) < 4.78 is 6.46. The third kappa shape index (κ3) is 5.87. The summed E-state index contributed by atoms with van der Waals surface area (Å²) in [7, 11) is 0. The highest BCUT2D eigenvalue weighted by atomic mass is 79.9. The van der Waals surface area contributed by atoms with Crippen LogP contribution in [0.1, 0.15) is 52.8 Å². The van der Waals surface area contributed by atoms with E-state index in [0.717, 1.165) is 30.2 Å². The molecule has 5 nitrogen and oxygen atoms in total. The van der Waals surface area contributed by atoms with Gasteiger partial charge in [-0.15, -0.1) is 0 Å². The van der Waals surface area contributed by atoms with Gasteiger partial charge in [0.2, 0.25) is 0 Å². The smallest absolute Gasteiger partial charge is 0.338 e. The molecule has 3 rings (SSSR count). The molecule has 1 aliphatic carbocycles. The highest BCUT2D eigenvalue weighted by Crippen LogP contribution is 2.22. The number of amides is 1. The van der Waals surface area contributed by atoms with Gasteiger partial charge in [0.15, 0.2) is 5.11 Å². The molecule has 0 spiro atoms. The average molecular weight is 461 g/mol. The molecule has 0 bridgehead atoms. The summed E-state index contributed by atoms with van der Waals surface area (Å²) in [6, 6.07) is 13.8. The molecule has 0 aromatic heterocycles. The number of nitrogens with one attached hydrogen (secondary N) is 2. The monoisotopic (exact) mass is 460 g/mol. The fourth-order valence-corrected chi connectivity index (χ4v) is 3.51. The van der Waals surface area contributed by atoms with Gasteiger partial charge >= 0.3 is 5.97 Å². The molecule has 0 radical (unpaired) electrons. The Morgan fingerprint density at radius 2 is 1.54 bits per heavy atom. The zero-order valence-electron chi connectivity index (χ0n) is 15.2. The number of carbonyl (C=O) groups excluding carboxylic acids is 2. The molecule has 1 aliphatic rings. The zero-order valence-corrected chi connectivity index (χ0v) is 17.6. The van der Waals surface area contributed by atoms with Gasteiger partial charge in [-0.3, -0.25) is 10.1 Å². The molecule has 2 N–H and O–H groups in total. The molecule has 0 aliphatic heterocycles. The van der Waals surface area contributed by atoms with Crippen molar-refractivity contribution >= 4 is 50.8 Å². The van der Waals surface area contributed by atoms with Crippen molar-refractivity contribution in [2.75, 3.05) is 5.32 Å². The van der Waals surface area contributed by atoms with E-state index in [4.69, 9.17) is 17.0 Å². The molecule has 28 heavy (non-hydrogen) atoms. The fourth-order valence-electron chi connectivity index (χ4n) is 3.03. The van der Waals surface area contributed by atoms with Crippen LogP contribution in [0.3, 0.4) is 0 Å². The number of esters is 1. The third-order valence-corrected chi connectivity index (χ3v) is 5.27. The van der Waals surface area contributed by atoms with E-state index in [1.807, 2.05) is 0 Å². The molecule has 1 amide bonds. The number of benzene rings is 2. The van der Waals surface area contributed by atoms with Crippen molar-refractivity contribution in [2.45, 2.75) is 38.2 Å². The standard InChI is InChI=1S/C21H21BrN2O3S/c22-16-10-6-14(7-11-16)19(25)24-21(28)23-17-12-8-15(9-13-17)20(26)27-18-4-2-1-3-5-18/h6-13,18H,1-5H2,(H2,23,24,25,28). The van der Waals surface area contributed by atoms with Crippen molar-refractivity contribution in [1.29, 1.82) is 0 Å². The molecule has 0 unspecified atom stereocenters. The van der Waals surface area contributed by atoms with Gasteiger partial charge in [0.1, 0.15) is 6.10 Å². The highest BCUT2D eigenvalue weighted by Gasteiger charge is 2.18. The number of anilines is 1. The Morgan fingerprint density at radius 3 is 2.18 bits per heavy atom. The molecule has 2 aromatic carbocycles. The first kappa shape index (κ1) is 20.5. The predicted octanol–water partition coefficient (Wildman–Crippen LogP) is 5.07. The van der Waals surface area contributed by atoms with Gasteiger partial charge in [-0.25, -0.2) is 4.79 Å². The first-order valence-electron chi connectivity index (χ1n) is 9.20. The van der Waals surface area contributed by atoms with Crippen LogP contribution in [-0.4, -0.2) is 23.1 Å². The Balaban J connectivity index is 1.51. The van der Waals surface area contributed by atoms with E-state index in [1.54, 1.807) is 48.5 Å². The number of hydrogen-bond acceptors (Lipinski definition) is 4. The van der Waals surface area contributed by atoms with Gasteiger partial charge in [-0.1, -0.05) is 22.4 Å². The van der Waals surface area contributed by atoms with Gasteiger partial charge in [0, 0.05) is 15.7 Å². The maximum Gasteiger partial charge on any atom is 0.338 e. The lowest BCUT2D eigenvalue weighted by Crippen LogP contribution is -2.34. The number of hydrogen-bond donors (Lipinski definition) is 2. The van der Waals surface area contributed by atoms with E-state index in [1.165, 1.54) is 6.42 Å². The Hall–Kier alpha value is -2.25. The van der Waals surface area contributed by atoms with Crippen LogP contribution < -0.4 is 10.6 Å². The summed E-state index contributed by atoms with van der Waals surface area (Å²) in [5, 5.41) is 5.76. The van der Waals surface area contributed by atoms with Crippen molar-refractivity contribution in [1.82, 2.24) is 5.32 Å². The molecule has 1 fully saturated rings. The summed E-state index contributed by atoms with van der Waals surface area (Å²) in [5.41, 5.74) is 1.68. The second-order valence-electron chi connectivity index (χ2n) is 6.66. The number of thiocarbonyl (C=S) groups is 1. The second-order valence-corrected chi connectivity index (χ2v) is 7.98. The maximum atomic E-state index is 12.2. The van der Waals surface area contributed by atoms with Crippen molar-refractivity contribution in [2.24, 2.45) is 0 Å². The molecular formula is C21H21BrN2O3S. The summed E-state index contributed by atoms with van der Waals surface area (Å²) in [6.07, 6.45) is 5.36. The molecule has 2 aromatic rings. The number of halogens is 1. The van der Waals surface area contributed by atoms with Gasteiger partial charge in [-0.2, -0.15) is 0 Å². The molecule has 0 heterocycles. The predicted molar refractivity (Wildman–Crippen MR) is 117 cm³/mol. The van der Waals surface area contributed by atoms with Crippen LogP contribution in [-0.2, 0) is 4.74 Å². The van der Waals surface area contributed by atoms with E-state index >= 15 is 0 Å². The molecule has 0 saturated heterocycles. The fraction of sp³-hybridized carbons (Fsp3) is 0.286. The SMILES string of the molecule is O=C(NC(=S)Nc1ccc(C(=O)OC2CCCCC2)cc1)c1ccc(Br)cc1. The Bertz CT molecular complexity index is 847. The lowest BCUT2D eigenvalue weighted by Gasteiger charge is -2.21. The van der Waals surface area contributed by atoms with Crippen molar-refractivity contribution in [3.63, 3.8) is 0 Å². The van der Waals surface area contributed by atoms with Gasteiger partial charge in [-0.05, 0) is 86.4 Å². The van der Waals surface area contributed by atoms with Crippen LogP contribution in [0.25, 0.3) is 0 Å². The highest BCUT2D eigenvalue weighted by molar-refractivity contribution is 9.10. The van der Waals surface area contributed by atoms with E-state index < -0.39 is 0 Å². The minimum absolute atomic E-state index is 0.0282. The summed E-state index contributed by atoms with van der Waals surface area (Å²) in [5.74, 6) is -0.595. The molecular weight excluding hydrogens is 440 g/mol. The lowest BCUT2D eigenvalue weighted by molar-refractivity contribution is 0.0211. The van der Waals surface area contributed by atoms with Crippen LogP contribution in [0.4, 0.5) is 5.69 Å². The van der Waals surface area contributed by atoms with Crippen LogP contribution in [0, 0.1) is 0 Å². The molecule has 7 heteroatoms. The van der Waals surface area contributed by atoms with Crippen molar-refractivity contribution in [3.8, 4) is 0 Å². The average Bonchev–Trinajstić information content (AvgIpc) is 2.69. The van der Waals surface area contributed by atoms with Crippen molar-refractivity contribution < 1.29 is 14.3 Å². The number of carbonyl (C=O) groups is 2. The Labute approximate surface area is 178 Å². The van der Waals surface area contributed by atoms with E-state index in [-0.39, 0.29) is 23.1 Å². The van der Waals surface area contributed by atoms with Crippen LogP contribution in [0.2, 0.25) is 0 Å². The van der Waals surface area contributed by atoms with Crippen LogP contribution in [0.5, 0.6) is 0 Å². The Morgan fingerprint density at radius 1 is 0.929 bits per heavy atom. The summed E-state index contributed by atoms with van der Waals surface area (Å²) in [4.78, 5) is 24.4. The zero-order chi connectivity index (χ0) is 19.9. The van der Waals surface area contributed by atoms with E-state index in [2.05, 4.69) is 26.6 Å². The lowest BCUT2D eigenvalue weighted by atomic mass is 9.98. The minimum Gasteiger partial charge on any atom is -0.459 e. The first-order valence-corrected chi connectivity index (χ1v) is 10.4. The third-order valence-electron chi connectivity index (χ3n) is 4.54. The maximum absolute atomic E-state index is 12.2. The number of ether oxygens (including phenoxy) is 1. The Kier molecular flexibility index (Phi) is 7.17. The second kappa shape index (κ2) is 9.80. The van der Waals surface area contributed by atoms with Gasteiger partial charge in [0.05, 0.1) is 5.56 Å². The number of rotatable bonds is 4. The normalized spacial score (nSPS) is 14.2. The van der Waals surface area contributed by atoms with Crippen molar-refractivity contribution in [3.05, 3.63) is 64.1 Å². The molecule has 1 saturated carbocycles. The van der Waals surface area contributed by atoms with Crippen LogP contribution in [0.15, 0.2) is 53.0 Å². The van der Waals surface area contributed by atoms with Gasteiger partial charge < -0.3 is 10.1 Å². The quantitative estimate of drug-likeness (QED) is 0.492. The van der Waals surface area contributed by atoms with E-state index in [9.17, 15) is 9.59 Å².